The Balaban J connectivity index is 2.56. The number of carbonyl (C=O) groups excluding carboxylic acids is 2. The van der Waals surface area contributed by atoms with Crippen molar-refractivity contribution in [2.24, 2.45) is 5.73 Å². The van der Waals surface area contributed by atoms with Gasteiger partial charge in [0.25, 0.3) is 5.91 Å². The first-order valence-corrected chi connectivity index (χ1v) is 4.35. The van der Waals surface area contributed by atoms with E-state index in [-0.39, 0.29) is 12.1 Å². The van der Waals surface area contributed by atoms with Crippen molar-refractivity contribution in [2.45, 2.75) is 6.10 Å². The van der Waals surface area contributed by atoms with Crippen molar-refractivity contribution in [3.05, 3.63) is 34.4 Å². The molecule has 0 bridgehead atoms. The fourth-order valence-electron chi connectivity index (χ4n) is 0.879. The number of rotatable bonds is 4. The van der Waals surface area contributed by atoms with Crippen molar-refractivity contribution in [1.29, 1.82) is 0 Å². The van der Waals surface area contributed by atoms with Gasteiger partial charge in [0.2, 0.25) is 5.91 Å². The maximum Gasteiger partial charge on any atom is 0.335 e. The monoisotopic (exact) mass is 226 g/mol. The molecule has 1 unspecified atom stereocenters. The van der Waals surface area contributed by atoms with Crippen LogP contribution in [-0.2, 0) is 4.79 Å². The molecule has 1 atom stereocenters. The fourth-order valence-corrected chi connectivity index (χ4v) is 0.879. The van der Waals surface area contributed by atoms with E-state index in [1.54, 1.807) is 0 Å². The van der Waals surface area contributed by atoms with Gasteiger partial charge in [0.15, 0.2) is 0 Å². The summed E-state index contributed by atoms with van der Waals surface area (Å²) in [5.41, 5.74) is 4.31. The van der Waals surface area contributed by atoms with E-state index < -0.39 is 23.5 Å². The summed E-state index contributed by atoms with van der Waals surface area (Å²) in [6.07, 6.45) is -0.464. The van der Waals surface area contributed by atoms with Crippen LogP contribution in [-0.4, -0.2) is 29.6 Å². The zero-order valence-corrected chi connectivity index (χ0v) is 8.17. The zero-order chi connectivity index (χ0) is 12.1. The number of aliphatic hydroxyl groups excluding tert-OH is 1. The maximum absolute atomic E-state index is 11.3. The molecule has 7 nitrogen and oxygen atoms in total. The molecule has 1 aromatic rings. The minimum absolute atomic E-state index is 0.108. The lowest BCUT2D eigenvalue weighted by atomic mass is 10.2. The predicted molar refractivity (Wildman–Crippen MR) is 52.5 cm³/mol. The Labute approximate surface area is 89.9 Å². The maximum atomic E-state index is 11.3. The molecule has 0 aromatic carbocycles. The first kappa shape index (κ1) is 11.9. The quantitative estimate of drug-likeness (QED) is 0.559. The van der Waals surface area contributed by atoms with Crippen LogP contribution in [0.3, 0.4) is 0 Å². The Morgan fingerprint density at radius 1 is 1.50 bits per heavy atom. The summed E-state index contributed by atoms with van der Waals surface area (Å²) in [6, 6.07) is 2.34. The second-order valence-corrected chi connectivity index (χ2v) is 2.97. The molecule has 0 fully saturated rings. The van der Waals surface area contributed by atoms with Gasteiger partial charge in [-0.25, -0.2) is 4.79 Å². The number of nitrogens with one attached hydrogen (secondary N) is 1. The van der Waals surface area contributed by atoms with Gasteiger partial charge in [-0.2, -0.15) is 0 Å². The minimum Gasteiger partial charge on any atom is -0.430 e. The van der Waals surface area contributed by atoms with Crippen LogP contribution in [0.2, 0.25) is 0 Å². The number of aliphatic hydroxyl groups is 1. The highest BCUT2D eigenvalue weighted by molar-refractivity contribution is 5.94. The SMILES string of the molecule is NC(=O)C(O)CNC(=O)c1ccc(=O)oc1. The lowest BCUT2D eigenvalue weighted by Gasteiger charge is -2.07. The van der Waals surface area contributed by atoms with E-state index in [1.165, 1.54) is 6.07 Å². The highest BCUT2D eigenvalue weighted by Crippen LogP contribution is 1.94. The second-order valence-electron chi connectivity index (χ2n) is 2.97. The van der Waals surface area contributed by atoms with E-state index >= 15 is 0 Å². The molecule has 1 aromatic heterocycles. The Morgan fingerprint density at radius 2 is 2.19 bits per heavy atom. The molecular weight excluding hydrogens is 216 g/mol. The second kappa shape index (κ2) is 5.08. The van der Waals surface area contributed by atoms with Crippen molar-refractivity contribution < 1.29 is 19.1 Å². The Hall–Kier alpha value is -2.15. The van der Waals surface area contributed by atoms with Crippen molar-refractivity contribution in [1.82, 2.24) is 5.32 Å². The lowest BCUT2D eigenvalue weighted by Crippen LogP contribution is -2.40. The average Bonchev–Trinajstić information content (AvgIpc) is 2.26. The third-order valence-corrected chi connectivity index (χ3v) is 1.75. The van der Waals surface area contributed by atoms with Crippen LogP contribution >= 0.6 is 0 Å². The van der Waals surface area contributed by atoms with E-state index in [0.29, 0.717) is 0 Å². The highest BCUT2D eigenvalue weighted by atomic mass is 16.4. The van der Waals surface area contributed by atoms with Crippen molar-refractivity contribution >= 4 is 11.8 Å². The summed E-state index contributed by atoms with van der Waals surface area (Å²) in [7, 11) is 0. The van der Waals surface area contributed by atoms with Crippen molar-refractivity contribution in [3.63, 3.8) is 0 Å². The molecular formula is C9H10N2O5. The normalized spacial score (nSPS) is 11.8. The Morgan fingerprint density at radius 3 is 2.69 bits per heavy atom. The molecule has 2 amide bonds. The minimum atomic E-state index is -1.44. The number of hydrogen-bond donors (Lipinski definition) is 3. The van der Waals surface area contributed by atoms with Crippen LogP contribution < -0.4 is 16.7 Å². The first-order chi connectivity index (χ1) is 7.50. The molecule has 0 aliphatic heterocycles. The number of primary amides is 1. The van der Waals surface area contributed by atoms with Crippen LogP contribution in [0, 0.1) is 0 Å². The third kappa shape index (κ3) is 3.21. The summed E-state index contributed by atoms with van der Waals surface area (Å²) in [4.78, 5) is 32.4. The van der Waals surface area contributed by atoms with Gasteiger partial charge in [0.1, 0.15) is 12.4 Å². The Kier molecular flexibility index (Phi) is 3.78. The van der Waals surface area contributed by atoms with Crippen LogP contribution in [0.4, 0.5) is 0 Å². The van der Waals surface area contributed by atoms with Gasteiger partial charge in [-0.05, 0) is 6.07 Å². The van der Waals surface area contributed by atoms with E-state index in [1.807, 2.05) is 0 Å². The standard InChI is InChI=1S/C9H10N2O5/c10-8(14)6(12)3-11-9(15)5-1-2-7(13)16-4-5/h1-2,4,6,12H,3H2,(H2,10,14)(H,11,15). The smallest absolute Gasteiger partial charge is 0.335 e. The molecule has 7 heteroatoms. The van der Waals surface area contributed by atoms with Gasteiger partial charge < -0.3 is 20.6 Å². The van der Waals surface area contributed by atoms with E-state index in [2.05, 4.69) is 9.73 Å². The number of hydrogen-bond acceptors (Lipinski definition) is 5. The number of carbonyl (C=O) groups is 2. The highest BCUT2D eigenvalue weighted by Gasteiger charge is 2.13. The summed E-state index contributed by atoms with van der Waals surface area (Å²) in [5, 5.41) is 11.3. The van der Waals surface area contributed by atoms with E-state index in [4.69, 9.17) is 10.8 Å². The van der Waals surface area contributed by atoms with Gasteiger partial charge >= 0.3 is 5.63 Å². The molecule has 86 valence electrons. The molecule has 1 rings (SSSR count). The van der Waals surface area contributed by atoms with Crippen LogP contribution in [0.1, 0.15) is 10.4 Å². The van der Waals surface area contributed by atoms with Crippen LogP contribution in [0.15, 0.2) is 27.6 Å². The molecule has 0 spiro atoms. The van der Waals surface area contributed by atoms with Gasteiger partial charge in [0, 0.05) is 6.07 Å². The molecule has 0 aliphatic rings. The predicted octanol–water partition coefficient (Wildman–Crippen LogP) is -1.78. The van der Waals surface area contributed by atoms with Gasteiger partial charge in [-0.3, -0.25) is 9.59 Å². The topological polar surface area (TPSA) is 123 Å². The molecule has 4 N–H and O–H groups in total. The van der Waals surface area contributed by atoms with Crippen LogP contribution in [0.5, 0.6) is 0 Å². The molecule has 16 heavy (non-hydrogen) atoms. The van der Waals surface area contributed by atoms with Crippen molar-refractivity contribution in [3.8, 4) is 0 Å². The van der Waals surface area contributed by atoms with Gasteiger partial charge in [-0.15, -0.1) is 0 Å². The summed E-state index contributed by atoms with van der Waals surface area (Å²) in [6.45, 7) is -0.298. The summed E-state index contributed by atoms with van der Waals surface area (Å²) in [5.74, 6) is -1.51. The molecule has 0 aliphatic carbocycles. The zero-order valence-electron chi connectivity index (χ0n) is 8.17. The van der Waals surface area contributed by atoms with Crippen molar-refractivity contribution in [2.75, 3.05) is 6.54 Å². The number of amides is 2. The fraction of sp³-hybridized carbons (Fsp3) is 0.222. The average molecular weight is 226 g/mol. The van der Waals surface area contributed by atoms with E-state index in [9.17, 15) is 14.4 Å². The van der Waals surface area contributed by atoms with Gasteiger partial charge in [-0.1, -0.05) is 0 Å². The first-order valence-electron chi connectivity index (χ1n) is 4.35. The van der Waals surface area contributed by atoms with Gasteiger partial charge in [0.05, 0.1) is 12.1 Å². The Bertz CT molecular complexity index is 433. The van der Waals surface area contributed by atoms with E-state index in [0.717, 1.165) is 12.3 Å². The molecule has 0 saturated heterocycles. The molecule has 0 radical (unpaired) electrons. The lowest BCUT2D eigenvalue weighted by molar-refractivity contribution is -0.125. The largest absolute Gasteiger partial charge is 0.430 e. The van der Waals surface area contributed by atoms with Crippen LogP contribution in [0.25, 0.3) is 0 Å². The molecule has 0 saturated carbocycles. The summed E-state index contributed by atoms with van der Waals surface area (Å²) >= 11 is 0. The number of nitrogens with two attached hydrogens (primary N) is 1. The molecule has 1 heterocycles. The third-order valence-electron chi connectivity index (χ3n) is 1.75. The summed E-state index contributed by atoms with van der Waals surface area (Å²) < 4.78 is 4.46.